The molecule has 2 aromatic rings. The van der Waals surface area contributed by atoms with Gasteiger partial charge in [0.15, 0.2) is 0 Å². The van der Waals surface area contributed by atoms with Crippen molar-refractivity contribution >= 4 is 10.0 Å². The van der Waals surface area contributed by atoms with Crippen molar-refractivity contribution in [2.45, 2.75) is 50.5 Å². The Bertz CT molecular complexity index is 865. The van der Waals surface area contributed by atoms with Crippen LogP contribution in [0.1, 0.15) is 48.5 Å². The van der Waals surface area contributed by atoms with Crippen LogP contribution in [0.15, 0.2) is 41.4 Å². The lowest BCUT2D eigenvalue weighted by atomic mass is 10.1. The van der Waals surface area contributed by atoms with Gasteiger partial charge in [0.1, 0.15) is 0 Å². The number of sulfonamides is 1. The molecule has 1 aromatic carbocycles. The van der Waals surface area contributed by atoms with E-state index in [1.807, 2.05) is 45.3 Å². The summed E-state index contributed by atoms with van der Waals surface area (Å²) in [6, 6.07) is 9.64. The van der Waals surface area contributed by atoms with Gasteiger partial charge in [-0.05, 0) is 63.5 Å². The molecule has 1 atom stereocenters. The van der Waals surface area contributed by atoms with Gasteiger partial charge in [-0.25, -0.2) is 13.1 Å². The van der Waals surface area contributed by atoms with E-state index in [9.17, 15) is 8.42 Å². The van der Waals surface area contributed by atoms with E-state index in [1.54, 1.807) is 6.07 Å². The van der Waals surface area contributed by atoms with Gasteiger partial charge in [-0.3, -0.25) is 4.90 Å². The van der Waals surface area contributed by atoms with E-state index in [0.29, 0.717) is 11.4 Å². The van der Waals surface area contributed by atoms with E-state index in [0.717, 1.165) is 29.9 Å². The third kappa shape index (κ3) is 4.81. The van der Waals surface area contributed by atoms with Gasteiger partial charge in [0.25, 0.3) is 0 Å². The van der Waals surface area contributed by atoms with Crippen molar-refractivity contribution < 1.29 is 8.42 Å². The van der Waals surface area contributed by atoms with Crippen molar-refractivity contribution in [2.24, 2.45) is 7.05 Å². The SMILES string of the molecule is Cc1ccc(S(=O)(=O)NCC(c2cccn2C)N2CCCCCC2)c(C)c1. The van der Waals surface area contributed by atoms with Crippen molar-refractivity contribution in [1.29, 1.82) is 0 Å². The standard InChI is InChI=1S/C21H31N3O2S/c1-17-10-11-21(18(2)15-17)27(25,26)22-16-20(19-9-8-12-23(19)3)24-13-6-4-5-7-14-24/h8-12,15,20,22H,4-7,13-14,16H2,1-3H3. The highest BCUT2D eigenvalue weighted by Gasteiger charge is 2.26. The minimum Gasteiger partial charge on any atom is -0.353 e. The lowest BCUT2D eigenvalue weighted by Crippen LogP contribution is -2.39. The minimum absolute atomic E-state index is 0.0450. The van der Waals surface area contributed by atoms with Crippen LogP contribution in [-0.2, 0) is 17.1 Å². The van der Waals surface area contributed by atoms with Crippen molar-refractivity contribution in [2.75, 3.05) is 19.6 Å². The number of nitrogens with zero attached hydrogens (tertiary/aromatic N) is 2. The van der Waals surface area contributed by atoms with E-state index in [-0.39, 0.29) is 6.04 Å². The summed E-state index contributed by atoms with van der Waals surface area (Å²) < 4.78 is 30.9. The summed E-state index contributed by atoms with van der Waals surface area (Å²) in [7, 11) is -1.51. The summed E-state index contributed by atoms with van der Waals surface area (Å²) >= 11 is 0. The molecule has 1 saturated heterocycles. The molecule has 1 aliphatic heterocycles. The molecule has 1 N–H and O–H groups in total. The molecule has 3 rings (SSSR count). The van der Waals surface area contributed by atoms with Crippen LogP contribution in [0.3, 0.4) is 0 Å². The maximum Gasteiger partial charge on any atom is 0.240 e. The third-order valence-corrected chi connectivity index (χ3v) is 7.08. The largest absolute Gasteiger partial charge is 0.353 e. The summed E-state index contributed by atoms with van der Waals surface area (Å²) in [6.07, 6.45) is 6.88. The minimum atomic E-state index is -3.54. The maximum atomic E-state index is 12.9. The number of likely N-dealkylation sites (tertiary alicyclic amines) is 1. The van der Waals surface area contributed by atoms with Crippen LogP contribution in [0, 0.1) is 13.8 Å². The number of benzene rings is 1. The first kappa shape index (κ1) is 20.1. The van der Waals surface area contributed by atoms with Crippen LogP contribution in [0.2, 0.25) is 0 Å². The van der Waals surface area contributed by atoms with Crippen LogP contribution in [0.5, 0.6) is 0 Å². The summed E-state index contributed by atoms with van der Waals surface area (Å²) in [5.74, 6) is 0. The normalized spacial score (nSPS) is 17.6. The average molecular weight is 390 g/mol. The van der Waals surface area contributed by atoms with Crippen molar-refractivity contribution in [3.63, 3.8) is 0 Å². The number of rotatable bonds is 6. The lowest BCUT2D eigenvalue weighted by molar-refractivity contribution is 0.199. The van der Waals surface area contributed by atoms with Crippen molar-refractivity contribution in [3.8, 4) is 0 Å². The Balaban J connectivity index is 1.82. The molecule has 0 amide bonds. The molecule has 0 saturated carbocycles. The molecule has 0 bridgehead atoms. The van der Waals surface area contributed by atoms with Gasteiger partial charge < -0.3 is 4.57 Å². The van der Waals surface area contributed by atoms with Gasteiger partial charge in [-0.1, -0.05) is 30.5 Å². The summed E-state index contributed by atoms with van der Waals surface area (Å²) in [4.78, 5) is 2.81. The molecule has 1 unspecified atom stereocenters. The number of nitrogens with one attached hydrogen (secondary N) is 1. The van der Waals surface area contributed by atoms with Gasteiger partial charge in [-0.15, -0.1) is 0 Å². The zero-order valence-corrected chi connectivity index (χ0v) is 17.4. The highest BCUT2D eigenvalue weighted by atomic mass is 32.2. The second-order valence-corrected chi connectivity index (χ2v) is 9.37. The molecule has 0 radical (unpaired) electrons. The van der Waals surface area contributed by atoms with Crippen LogP contribution >= 0.6 is 0 Å². The van der Waals surface area contributed by atoms with Gasteiger partial charge >= 0.3 is 0 Å². The molecule has 6 heteroatoms. The molecule has 0 aliphatic carbocycles. The fraction of sp³-hybridized carbons (Fsp3) is 0.524. The number of aromatic nitrogens is 1. The van der Waals surface area contributed by atoms with Gasteiger partial charge in [0.05, 0.1) is 10.9 Å². The molecule has 27 heavy (non-hydrogen) atoms. The average Bonchev–Trinajstić information content (AvgIpc) is 2.86. The highest BCUT2D eigenvalue weighted by Crippen LogP contribution is 2.25. The van der Waals surface area contributed by atoms with Gasteiger partial charge in [0.2, 0.25) is 10.0 Å². The first-order valence-electron chi connectivity index (χ1n) is 9.81. The zero-order chi connectivity index (χ0) is 19.4. The number of aryl methyl sites for hydroxylation is 3. The van der Waals surface area contributed by atoms with Crippen LogP contribution in [0.25, 0.3) is 0 Å². The second-order valence-electron chi connectivity index (χ2n) is 7.63. The van der Waals surface area contributed by atoms with Crippen molar-refractivity contribution in [1.82, 2.24) is 14.2 Å². The van der Waals surface area contributed by atoms with E-state index >= 15 is 0 Å². The third-order valence-electron chi connectivity index (χ3n) is 5.49. The first-order chi connectivity index (χ1) is 12.9. The molecular formula is C21H31N3O2S. The Morgan fingerprint density at radius 3 is 2.37 bits per heavy atom. The molecule has 5 nitrogen and oxygen atoms in total. The Hall–Kier alpha value is -1.63. The van der Waals surface area contributed by atoms with Gasteiger partial charge in [0, 0.05) is 25.5 Å². The number of hydrogen-bond donors (Lipinski definition) is 1. The van der Waals surface area contributed by atoms with E-state index < -0.39 is 10.0 Å². The summed E-state index contributed by atoms with van der Waals surface area (Å²) in [5.41, 5.74) is 3.01. The Kier molecular flexibility index (Phi) is 6.40. The second kappa shape index (κ2) is 8.59. The van der Waals surface area contributed by atoms with Crippen LogP contribution in [0.4, 0.5) is 0 Å². The highest BCUT2D eigenvalue weighted by molar-refractivity contribution is 7.89. The molecule has 1 aromatic heterocycles. The van der Waals surface area contributed by atoms with Crippen LogP contribution in [-0.4, -0.2) is 37.5 Å². The maximum absolute atomic E-state index is 12.9. The lowest BCUT2D eigenvalue weighted by Gasteiger charge is -2.31. The van der Waals surface area contributed by atoms with Crippen molar-refractivity contribution in [3.05, 3.63) is 53.3 Å². The summed E-state index contributed by atoms with van der Waals surface area (Å²) in [6.45, 7) is 6.24. The van der Waals surface area contributed by atoms with E-state index in [4.69, 9.17) is 0 Å². The van der Waals surface area contributed by atoms with Crippen LogP contribution < -0.4 is 4.72 Å². The molecule has 2 heterocycles. The predicted molar refractivity (Wildman–Crippen MR) is 109 cm³/mol. The Morgan fingerprint density at radius 1 is 1.07 bits per heavy atom. The first-order valence-corrected chi connectivity index (χ1v) is 11.3. The number of hydrogen-bond acceptors (Lipinski definition) is 3. The molecule has 148 valence electrons. The fourth-order valence-electron chi connectivity index (χ4n) is 4.02. The van der Waals surface area contributed by atoms with E-state index in [2.05, 4.69) is 20.3 Å². The molecule has 0 spiro atoms. The smallest absolute Gasteiger partial charge is 0.240 e. The van der Waals surface area contributed by atoms with E-state index in [1.165, 1.54) is 25.7 Å². The quantitative estimate of drug-likeness (QED) is 0.822. The van der Waals surface area contributed by atoms with Gasteiger partial charge in [-0.2, -0.15) is 0 Å². The fourth-order valence-corrected chi connectivity index (χ4v) is 5.28. The topological polar surface area (TPSA) is 54.3 Å². The molecular weight excluding hydrogens is 358 g/mol. The molecule has 1 fully saturated rings. The Labute approximate surface area is 163 Å². The zero-order valence-electron chi connectivity index (χ0n) is 16.6. The monoisotopic (exact) mass is 389 g/mol. The molecule has 1 aliphatic rings. The Morgan fingerprint density at radius 2 is 1.78 bits per heavy atom. The predicted octanol–water partition coefficient (Wildman–Crippen LogP) is 3.54. The summed E-state index contributed by atoms with van der Waals surface area (Å²) in [5, 5.41) is 0.